The molecule has 1 atom stereocenters. The van der Waals surface area contributed by atoms with Crippen LogP contribution in [-0.2, 0) is 0 Å². The molecule has 0 heterocycles. The van der Waals surface area contributed by atoms with E-state index < -0.39 is 0 Å². The smallest absolute Gasteiger partial charge is 0.124 e. The molecule has 3 nitrogen and oxygen atoms in total. The van der Waals surface area contributed by atoms with Crippen LogP contribution in [0.3, 0.4) is 0 Å². The van der Waals surface area contributed by atoms with E-state index in [1.807, 2.05) is 13.1 Å². The Labute approximate surface area is 111 Å². The van der Waals surface area contributed by atoms with Gasteiger partial charge in [0.25, 0.3) is 0 Å². The number of benzene rings is 1. The molecular formula is C15H26N2O. The van der Waals surface area contributed by atoms with Gasteiger partial charge in [0.15, 0.2) is 0 Å². The molecule has 1 rings (SSSR count). The first kappa shape index (κ1) is 15.0. The summed E-state index contributed by atoms with van der Waals surface area (Å²) in [5.74, 6) is 1.01. The average Bonchev–Trinajstić information content (AvgIpc) is 2.37. The molecule has 3 heteroatoms. The first-order valence-electron chi connectivity index (χ1n) is 6.72. The van der Waals surface area contributed by atoms with Gasteiger partial charge in [-0.05, 0) is 40.1 Å². The molecule has 0 aromatic heterocycles. The Kier molecular flexibility index (Phi) is 6.76. The Bertz CT molecular complexity index is 335. The number of hydrogen-bond acceptors (Lipinski definition) is 3. The Balaban J connectivity index is 2.59. The molecule has 0 radical (unpaired) electrons. The van der Waals surface area contributed by atoms with E-state index in [-0.39, 0.29) is 0 Å². The standard InChI is InChI=1S/C15H26N2O/c1-5-14(16-2)13-9-6-7-10-15(13)18-12-8-11-17(3)4/h6-7,9-10,14,16H,5,8,11-12H2,1-4H3. The number of para-hydroxylation sites is 1. The Morgan fingerprint density at radius 1 is 1.28 bits per heavy atom. The molecule has 102 valence electrons. The first-order chi connectivity index (χ1) is 8.69. The highest BCUT2D eigenvalue weighted by Gasteiger charge is 2.11. The van der Waals surface area contributed by atoms with E-state index in [0.29, 0.717) is 6.04 Å². The molecule has 0 aliphatic rings. The van der Waals surface area contributed by atoms with Crippen molar-refractivity contribution in [3.8, 4) is 5.75 Å². The lowest BCUT2D eigenvalue weighted by Crippen LogP contribution is -2.18. The summed E-state index contributed by atoms with van der Waals surface area (Å²) < 4.78 is 5.91. The number of ether oxygens (including phenoxy) is 1. The molecule has 0 aliphatic carbocycles. The topological polar surface area (TPSA) is 24.5 Å². The molecule has 18 heavy (non-hydrogen) atoms. The Hall–Kier alpha value is -1.06. The van der Waals surface area contributed by atoms with Crippen molar-refractivity contribution in [3.05, 3.63) is 29.8 Å². The van der Waals surface area contributed by atoms with E-state index in [0.717, 1.165) is 31.7 Å². The van der Waals surface area contributed by atoms with Crippen molar-refractivity contribution in [1.82, 2.24) is 10.2 Å². The van der Waals surface area contributed by atoms with Crippen LogP contribution in [0.1, 0.15) is 31.4 Å². The highest BCUT2D eigenvalue weighted by molar-refractivity contribution is 5.35. The third-order valence-corrected chi connectivity index (χ3v) is 3.06. The predicted octanol–water partition coefficient (Wildman–Crippen LogP) is 2.69. The molecule has 0 bridgehead atoms. The van der Waals surface area contributed by atoms with Crippen LogP contribution >= 0.6 is 0 Å². The Morgan fingerprint density at radius 3 is 2.61 bits per heavy atom. The summed E-state index contributed by atoms with van der Waals surface area (Å²) in [6.07, 6.45) is 2.12. The van der Waals surface area contributed by atoms with Gasteiger partial charge in [0.1, 0.15) is 5.75 Å². The normalized spacial score (nSPS) is 12.7. The van der Waals surface area contributed by atoms with Crippen molar-refractivity contribution < 1.29 is 4.74 Å². The molecule has 0 amide bonds. The highest BCUT2D eigenvalue weighted by Crippen LogP contribution is 2.26. The second-order valence-electron chi connectivity index (χ2n) is 4.79. The Morgan fingerprint density at radius 2 is 2.00 bits per heavy atom. The fraction of sp³-hybridized carbons (Fsp3) is 0.600. The predicted molar refractivity (Wildman–Crippen MR) is 77.2 cm³/mol. The minimum atomic E-state index is 0.370. The summed E-state index contributed by atoms with van der Waals surface area (Å²) in [6, 6.07) is 8.68. The van der Waals surface area contributed by atoms with Crippen molar-refractivity contribution in [2.45, 2.75) is 25.8 Å². The third kappa shape index (κ3) is 4.67. The lowest BCUT2D eigenvalue weighted by Gasteiger charge is -2.19. The van der Waals surface area contributed by atoms with Gasteiger partial charge in [-0.1, -0.05) is 25.1 Å². The number of nitrogens with one attached hydrogen (secondary N) is 1. The van der Waals surface area contributed by atoms with Crippen molar-refractivity contribution >= 4 is 0 Å². The molecule has 0 spiro atoms. The minimum absolute atomic E-state index is 0.370. The van der Waals surface area contributed by atoms with E-state index in [9.17, 15) is 0 Å². The second-order valence-corrected chi connectivity index (χ2v) is 4.79. The number of nitrogens with zero attached hydrogens (tertiary/aromatic N) is 1. The van der Waals surface area contributed by atoms with Crippen molar-refractivity contribution in [2.75, 3.05) is 34.3 Å². The van der Waals surface area contributed by atoms with Crippen LogP contribution in [0, 0.1) is 0 Å². The second kappa shape index (κ2) is 8.11. The quantitative estimate of drug-likeness (QED) is 0.718. The van der Waals surface area contributed by atoms with Gasteiger partial charge < -0.3 is 15.0 Å². The summed E-state index contributed by atoms with van der Waals surface area (Å²) in [4.78, 5) is 2.18. The van der Waals surface area contributed by atoms with Crippen LogP contribution in [0.25, 0.3) is 0 Å². The number of hydrogen-bond donors (Lipinski definition) is 1. The van der Waals surface area contributed by atoms with Crippen LogP contribution in [0.15, 0.2) is 24.3 Å². The summed E-state index contributed by atoms with van der Waals surface area (Å²) >= 11 is 0. The molecule has 1 aromatic rings. The third-order valence-electron chi connectivity index (χ3n) is 3.06. The van der Waals surface area contributed by atoms with Gasteiger partial charge in [0.2, 0.25) is 0 Å². The monoisotopic (exact) mass is 250 g/mol. The lowest BCUT2D eigenvalue weighted by molar-refractivity contribution is 0.277. The van der Waals surface area contributed by atoms with Crippen molar-refractivity contribution in [3.63, 3.8) is 0 Å². The van der Waals surface area contributed by atoms with E-state index in [2.05, 4.69) is 49.4 Å². The number of rotatable bonds is 8. The van der Waals surface area contributed by atoms with E-state index in [4.69, 9.17) is 4.74 Å². The van der Waals surface area contributed by atoms with Crippen LogP contribution in [0.2, 0.25) is 0 Å². The molecule has 0 aliphatic heterocycles. The minimum Gasteiger partial charge on any atom is -0.493 e. The molecule has 1 aromatic carbocycles. The summed E-state index contributed by atoms with van der Waals surface area (Å²) in [6.45, 7) is 4.02. The highest BCUT2D eigenvalue weighted by atomic mass is 16.5. The van der Waals surface area contributed by atoms with E-state index in [1.165, 1.54) is 5.56 Å². The first-order valence-corrected chi connectivity index (χ1v) is 6.72. The van der Waals surface area contributed by atoms with Crippen LogP contribution in [0.4, 0.5) is 0 Å². The van der Waals surface area contributed by atoms with Gasteiger partial charge in [0, 0.05) is 18.2 Å². The zero-order valence-electron chi connectivity index (χ0n) is 12.1. The molecular weight excluding hydrogens is 224 g/mol. The molecule has 0 saturated carbocycles. The van der Waals surface area contributed by atoms with Gasteiger partial charge in [0.05, 0.1) is 6.61 Å². The fourth-order valence-corrected chi connectivity index (χ4v) is 2.04. The van der Waals surface area contributed by atoms with Gasteiger partial charge in [-0.25, -0.2) is 0 Å². The van der Waals surface area contributed by atoms with E-state index in [1.54, 1.807) is 0 Å². The van der Waals surface area contributed by atoms with Crippen molar-refractivity contribution in [1.29, 1.82) is 0 Å². The maximum Gasteiger partial charge on any atom is 0.124 e. The maximum atomic E-state index is 5.91. The zero-order chi connectivity index (χ0) is 13.4. The van der Waals surface area contributed by atoms with Crippen molar-refractivity contribution in [2.24, 2.45) is 0 Å². The summed E-state index contributed by atoms with van der Waals surface area (Å²) in [7, 11) is 6.17. The summed E-state index contributed by atoms with van der Waals surface area (Å²) in [5.41, 5.74) is 1.26. The van der Waals surface area contributed by atoms with E-state index >= 15 is 0 Å². The molecule has 0 fully saturated rings. The van der Waals surface area contributed by atoms with Gasteiger partial charge in [-0.3, -0.25) is 0 Å². The largest absolute Gasteiger partial charge is 0.493 e. The lowest BCUT2D eigenvalue weighted by atomic mass is 10.0. The zero-order valence-corrected chi connectivity index (χ0v) is 12.1. The van der Waals surface area contributed by atoms with Crippen LogP contribution < -0.4 is 10.1 Å². The SMILES string of the molecule is CCC(NC)c1ccccc1OCCCN(C)C. The van der Waals surface area contributed by atoms with Crippen LogP contribution in [0.5, 0.6) is 5.75 Å². The average molecular weight is 250 g/mol. The van der Waals surface area contributed by atoms with Gasteiger partial charge >= 0.3 is 0 Å². The van der Waals surface area contributed by atoms with Gasteiger partial charge in [-0.2, -0.15) is 0 Å². The summed E-state index contributed by atoms with van der Waals surface area (Å²) in [5, 5.41) is 3.33. The van der Waals surface area contributed by atoms with Crippen LogP contribution in [-0.4, -0.2) is 39.2 Å². The maximum absolute atomic E-state index is 5.91. The fourth-order valence-electron chi connectivity index (χ4n) is 2.04. The molecule has 1 N–H and O–H groups in total. The van der Waals surface area contributed by atoms with Gasteiger partial charge in [-0.15, -0.1) is 0 Å². The molecule has 1 unspecified atom stereocenters. The molecule has 0 saturated heterocycles.